The molecule has 0 spiro atoms. The van der Waals surface area contributed by atoms with E-state index in [0.717, 1.165) is 41.4 Å². The Kier molecular flexibility index (Phi) is 5.95. The summed E-state index contributed by atoms with van der Waals surface area (Å²) in [5, 5.41) is 3.38. The van der Waals surface area contributed by atoms with E-state index in [-0.39, 0.29) is 17.5 Å². The normalized spacial score (nSPS) is 16.2. The van der Waals surface area contributed by atoms with Gasteiger partial charge in [-0.05, 0) is 36.8 Å². The van der Waals surface area contributed by atoms with Gasteiger partial charge in [-0.3, -0.25) is 9.59 Å². The molecule has 138 valence electrons. The smallest absolute Gasteiger partial charge is 0.252 e. The van der Waals surface area contributed by atoms with Crippen LogP contribution in [-0.4, -0.2) is 30.7 Å². The fourth-order valence-corrected chi connectivity index (χ4v) is 5.07. The molecule has 2 aromatic rings. The Bertz CT molecular complexity index is 821. The molecule has 3 rings (SSSR count). The monoisotopic (exact) mass is 394 g/mol. The van der Waals surface area contributed by atoms with Crippen LogP contribution in [-0.2, 0) is 17.8 Å². The highest BCUT2D eigenvalue weighted by atomic mass is 32.2. The third-order valence-corrected chi connectivity index (χ3v) is 6.57. The summed E-state index contributed by atoms with van der Waals surface area (Å²) in [6, 6.07) is 5.99. The minimum absolute atomic E-state index is 0.179. The average molecular weight is 395 g/mol. The van der Waals surface area contributed by atoms with Crippen LogP contribution < -0.4 is 16.0 Å². The molecular weight excluding hydrogens is 373 g/mol. The van der Waals surface area contributed by atoms with Gasteiger partial charge in [-0.25, -0.2) is 4.39 Å². The Morgan fingerprint density at radius 2 is 2.08 bits per heavy atom. The van der Waals surface area contributed by atoms with Gasteiger partial charge in [0.15, 0.2) is 0 Å². The number of thiophene rings is 1. The lowest BCUT2D eigenvalue weighted by molar-refractivity contribution is -0.913. The molecule has 0 saturated heterocycles. The number of nitrogens with two attached hydrogens (primary N) is 1. The highest BCUT2D eigenvalue weighted by Gasteiger charge is 2.29. The fraction of sp³-hybridized carbons (Fsp3) is 0.333. The van der Waals surface area contributed by atoms with Gasteiger partial charge in [0.25, 0.3) is 5.91 Å². The number of amides is 2. The standard InChI is InChI=1S/C18H20FN3O2S2/c1-2-22-8-7-13-14(9-22)26-18(16(13)17(20)24)21-15(23)10-25-12-5-3-11(19)4-6-12/h3-6H,2,7-10H2,1H3,(H2,20,24)(H,21,23)/p+1. The number of nitrogens with one attached hydrogen (secondary N) is 2. The summed E-state index contributed by atoms with van der Waals surface area (Å²) in [5.74, 6) is -0.833. The highest BCUT2D eigenvalue weighted by molar-refractivity contribution is 8.00. The molecule has 2 amide bonds. The number of hydrogen-bond donors (Lipinski definition) is 3. The number of thioether (sulfide) groups is 1. The summed E-state index contributed by atoms with van der Waals surface area (Å²) in [5.41, 5.74) is 7.02. The molecule has 1 atom stereocenters. The minimum atomic E-state index is -0.496. The van der Waals surface area contributed by atoms with Gasteiger partial charge in [0.05, 0.1) is 29.3 Å². The number of benzene rings is 1. The molecular formula is C18H21FN3O2S2+. The number of primary amides is 1. The molecule has 8 heteroatoms. The van der Waals surface area contributed by atoms with Crippen LogP contribution in [0.3, 0.4) is 0 Å². The third-order valence-electron chi connectivity index (χ3n) is 4.41. The van der Waals surface area contributed by atoms with E-state index in [1.54, 1.807) is 12.1 Å². The van der Waals surface area contributed by atoms with Gasteiger partial charge in [-0.15, -0.1) is 23.1 Å². The second-order valence-corrected chi connectivity index (χ2v) is 8.30. The Morgan fingerprint density at radius 3 is 2.73 bits per heavy atom. The zero-order valence-corrected chi connectivity index (χ0v) is 16.1. The molecule has 2 heterocycles. The number of fused-ring (bicyclic) bond motifs is 1. The van der Waals surface area contributed by atoms with Gasteiger partial charge in [-0.1, -0.05) is 0 Å². The van der Waals surface area contributed by atoms with Crippen molar-refractivity contribution in [2.24, 2.45) is 5.73 Å². The SMILES string of the molecule is CC[NH+]1CCc2c(sc(NC(=O)CSc3ccc(F)cc3)c2C(N)=O)C1. The lowest BCUT2D eigenvalue weighted by Crippen LogP contribution is -3.11. The van der Waals surface area contributed by atoms with Gasteiger partial charge >= 0.3 is 0 Å². The van der Waals surface area contributed by atoms with Gasteiger partial charge in [0, 0.05) is 11.3 Å². The van der Waals surface area contributed by atoms with Gasteiger partial charge in [-0.2, -0.15) is 0 Å². The number of likely N-dealkylation sites (N-methyl/N-ethyl adjacent to an activating group) is 1. The maximum atomic E-state index is 12.9. The first-order chi connectivity index (χ1) is 12.5. The fourth-order valence-electron chi connectivity index (χ4n) is 3.03. The van der Waals surface area contributed by atoms with Crippen LogP contribution >= 0.6 is 23.1 Å². The molecule has 1 aliphatic rings. The Balaban J connectivity index is 1.70. The van der Waals surface area contributed by atoms with Crippen LogP contribution in [0.1, 0.15) is 27.7 Å². The van der Waals surface area contributed by atoms with Crippen molar-refractivity contribution in [3.63, 3.8) is 0 Å². The van der Waals surface area contributed by atoms with Crippen molar-refractivity contribution >= 4 is 39.9 Å². The van der Waals surface area contributed by atoms with Gasteiger partial charge in [0.2, 0.25) is 5.91 Å². The van der Waals surface area contributed by atoms with Gasteiger partial charge in [0.1, 0.15) is 17.4 Å². The van der Waals surface area contributed by atoms with E-state index >= 15 is 0 Å². The van der Waals surface area contributed by atoms with Crippen molar-refractivity contribution in [1.29, 1.82) is 0 Å². The summed E-state index contributed by atoms with van der Waals surface area (Å²) in [6.45, 7) is 4.99. The van der Waals surface area contributed by atoms with Crippen LogP contribution in [0.15, 0.2) is 29.2 Å². The van der Waals surface area contributed by atoms with E-state index in [1.165, 1.54) is 40.1 Å². The molecule has 1 aromatic heterocycles. The van der Waals surface area contributed by atoms with Gasteiger partial charge < -0.3 is 16.0 Å². The number of carbonyl (C=O) groups excluding carboxylic acids is 2. The molecule has 0 saturated carbocycles. The van der Waals surface area contributed by atoms with Crippen molar-refractivity contribution in [3.05, 3.63) is 46.1 Å². The van der Waals surface area contributed by atoms with E-state index in [9.17, 15) is 14.0 Å². The highest BCUT2D eigenvalue weighted by Crippen LogP contribution is 2.34. The average Bonchev–Trinajstić information content (AvgIpc) is 2.98. The van der Waals surface area contributed by atoms with Crippen LogP contribution in [0.5, 0.6) is 0 Å². The van der Waals surface area contributed by atoms with E-state index in [0.29, 0.717) is 10.6 Å². The maximum absolute atomic E-state index is 12.9. The Hall–Kier alpha value is -1.90. The van der Waals surface area contributed by atoms with Crippen LogP contribution in [0, 0.1) is 5.82 Å². The molecule has 4 N–H and O–H groups in total. The summed E-state index contributed by atoms with van der Waals surface area (Å²) < 4.78 is 12.9. The van der Waals surface area contributed by atoms with Crippen molar-refractivity contribution in [3.8, 4) is 0 Å². The molecule has 26 heavy (non-hydrogen) atoms. The maximum Gasteiger partial charge on any atom is 0.252 e. The van der Waals surface area contributed by atoms with Crippen LogP contribution in [0.25, 0.3) is 0 Å². The topological polar surface area (TPSA) is 76.6 Å². The first-order valence-electron chi connectivity index (χ1n) is 8.44. The van der Waals surface area contributed by atoms with Crippen LogP contribution in [0.4, 0.5) is 9.39 Å². The molecule has 0 radical (unpaired) electrons. The first kappa shape index (κ1) is 18.9. The predicted octanol–water partition coefficient (Wildman–Crippen LogP) is 1.68. The Labute approximate surface area is 159 Å². The minimum Gasteiger partial charge on any atom is -0.365 e. The molecule has 5 nitrogen and oxygen atoms in total. The van der Waals surface area contributed by atoms with Crippen LogP contribution in [0.2, 0.25) is 0 Å². The van der Waals surface area contributed by atoms with Crippen molar-refractivity contribution in [2.75, 3.05) is 24.2 Å². The second-order valence-electron chi connectivity index (χ2n) is 6.14. The third kappa shape index (κ3) is 4.25. The summed E-state index contributed by atoms with van der Waals surface area (Å²) in [4.78, 5) is 27.6. The quantitative estimate of drug-likeness (QED) is 0.653. The molecule has 1 unspecified atom stereocenters. The lowest BCUT2D eigenvalue weighted by Gasteiger charge is -2.22. The number of quaternary nitrogens is 1. The van der Waals surface area contributed by atoms with Crippen molar-refractivity contribution in [1.82, 2.24) is 0 Å². The zero-order chi connectivity index (χ0) is 18.7. The molecule has 0 aliphatic carbocycles. The largest absolute Gasteiger partial charge is 0.365 e. The molecule has 0 bridgehead atoms. The second kappa shape index (κ2) is 8.20. The molecule has 1 aliphatic heterocycles. The molecule has 0 fully saturated rings. The number of halogens is 1. The summed E-state index contributed by atoms with van der Waals surface area (Å²) in [6.07, 6.45) is 0.799. The summed E-state index contributed by atoms with van der Waals surface area (Å²) >= 11 is 2.76. The number of carbonyl (C=O) groups is 2. The number of hydrogen-bond acceptors (Lipinski definition) is 4. The zero-order valence-electron chi connectivity index (χ0n) is 14.4. The predicted molar refractivity (Wildman–Crippen MR) is 102 cm³/mol. The Morgan fingerprint density at radius 1 is 1.35 bits per heavy atom. The van der Waals surface area contributed by atoms with E-state index in [4.69, 9.17) is 5.73 Å². The first-order valence-corrected chi connectivity index (χ1v) is 10.2. The van der Waals surface area contributed by atoms with Crippen molar-refractivity contribution in [2.45, 2.75) is 24.8 Å². The number of anilines is 1. The van der Waals surface area contributed by atoms with Crippen molar-refractivity contribution < 1.29 is 18.9 Å². The number of rotatable bonds is 6. The molecule has 1 aromatic carbocycles. The van der Waals surface area contributed by atoms with E-state index < -0.39 is 5.91 Å². The summed E-state index contributed by atoms with van der Waals surface area (Å²) in [7, 11) is 0. The van der Waals surface area contributed by atoms with E-state index in [2.05, 4.69) is 12.2 Å². The van der Waals surface area contributed by atoms with E-state index in [1.807, 2.05) is 0 Å². The lowest BCUT2D eigenvalue weighted by atomic mass is 10.0.